The summed E-state index contributed by atoms with van der Waals surface area (Å²) < 4.78 is 5.55. The number of esters is 1. The van der Waals surface area contributed by atoms with Crippen LogP contribution in [0, 0.1) is 11.3 Å². The lowest BCUT2D eigenvalue weighted by atomic mass is 9.87. The molecule has 0 N–H and O–H groups in total. The van der Waals surface area contributed by atoms with E-state index in [1.165, 1.54) is 11.1 Å². The average molecular weight is 333 g/mol. The molecule has 2 aromatic rings. The van der Waals surface area contributed by atoms with Crippen molar-refractivity contribution in [2.75, 3.05) is 0 Å². The molecule has 0 spiro atoms. The van der Waals surface area contributed by atoms with E-state index in [4.69, 9.17) is 10.00 Å². The first-order valence-electron chi connectivity index (χ1n) is 8.98. The van der Waals surface area contributed by atoms with Gasteiger partial charge in [0.05, 0.1) is 18.1 Å². The van der Waals surface area contributed by atoms with Crippen molar-refractivity contribution in [3.63, 3.8) is 0 Å². The molecule has 1 aliphatic heterocycles. The third kappa shape index (κ3) is 4.93. The van der Waals surface area contributed by atoms with E-state index in [9.17, 15) is 4.79 Å². The molecule has 1 saturated heterocycles. The van der Waals surface area contributed by atoms with Gasteiger partial charge in [-0.2, -0.15) is 5.26 Å². The van der Waals surface area contributed by atoms with Gasteiger partial charge in [0.1, 0.15) is 6.10 Å². The Morgan fingerprint density at radius 2 is 1.80 bits per heavy atom. The predicted molar refractivity (Wildman–Crippen MR) is 97.0 cm³/mol. The molecule has 0 aliphatic carbocycles. The van der Waals surface area contributed by atoms with Gasteiger partial charge in [-0.05, 0) is 61.3 Å². The molecular formula is C22H23NO2. The highest BCUT2D eigenvalue weighted by atomic mass is 16.5. The highest BCUT2D eigenvalue weighted by Crippen LogP contribution is 2.32. The molecule has 1 heterocycles. The number of nitriles is 1. The zero-order valence-electron chi connectivity index (χ0n) is 14.4. The first-order valence-corrected chi connectivity index (χ1v) is 8.98. The van der Waals surface area contributed by atoms with Crippen LogP contribution in [-0.4, -0.2) is 12.1 Å². The highest BCUT2D eigenvalue weighted by Gasteiger charge is 2.29. The number of benzene rings is 2. The fraction of sp³-hybridized carbons (Fsp3) is 0.364. The van der Waals surface area contributed by atoms with Crippen LogP contribution < -0.4 is 0 Å². The summed E-state index contributed by atoms with van der Waals surface area (Å²) in [7, 11) is 0. The molecule has 0 amide bonds. The Balaban J connectivity index is 1.46. The second-order valence-electron chi connectivity index (χ2n) is 6.71. The quantitative estimate of drug-likeness (QED) is 0.565. The van der Waals surface area contributed by atoms with Crippen LogP contribution in [0.2, 0.25) is 0 Å². The van der Waals surface area contributed by atoms with Crippen molar-refractivity contribution in [2.24, 2.45) is 0 Å². The Bertz CT molecular complexity index is 731. The van der Waals surface area contributed by atoms with Crippen molar-refractivity contribution >= 4 is 5.97 Å². The number of hydrogen-bond donors (Lipinski definition) is 0. The number of carbonyl (C=O) groups is 1. The molecule has 2 atom stereocenters. The molecule has 1 fully saturated rings. The Labute approximate surface area is 149 Å². The van der Waals surface area contributed by atoms with E-state index in [-0.39, 0.29) is 18.0 Å². The SMILES string of the molecule is N#Cc1ccc(CCCC[C@@H]2C[C@@H](c3ccccc3)CC(=O)O2)cc1. The third-order valence-electron chi connectivity index (χ3n) is 4.85. The number of ether oxygens (including phenoxy) is 1. The van der Waals surface area contributed by atoms with Crippen LogP contribution in [0.15, 0.2) is 54.6 Å². The lowest BCUT2D eigenvalue weighted by molar-refractivity contribution is -0.155. The summed E-state index contributed by atoms with van der Waals surface area (Å²) in [6.07, 6.45) is 5.47. The molecular weight excluding hydrogens is 310 g/mol. The molecule has 128 valence electrons. The van der Waals surface area contributed by atoms with Crippen molar-refractivity contribution < 1.29 is 9.53 Å². The molecule has 0 saturated carbocycles. The molecule has 1 aliphatic rings. The van der Waals surface area contributed by atoms with Gasteiger partial charge in [-0.3, -0.25) is 4.79 Å². The number of carbonyl (C=O) groups excluding carboxylic acids is 1. The standard InChI is InChI=1S/C22H23NO2/c23-16-18-12-10-17(11-13-18)6-4-5-9-21-14-20(15-22(24)25-21)19-7-2-1-3-8-19/h1-3,7-8,10-13,20-21H,4-6,9,14-15H2/t20-,21-/m1/s1. The van der Waals surface area contributed by atoms with Crippen LogP contribution in [0.1, 0.15) is 54.7 Å². The maximum absolute atomic E-state index is 11.9. The molecule has 3 rings (SSSR count). The fourth-order valence-electron chi connectivity index (χ4n) is 3.49. The number of unbranched alkanes of at least 4 members (excludes halogenated alkanes) is 1. The minimum atomic E-state index is -0.0720. The molecule has 0 bridgehead atoms. The van der Waals surface area contributed by atoms with Crippen molar-refractivity contribution in [3.05, 3.63) is 71.3 Å². The number of rotatable bonds is 6. The average Bonchev–Trinajstić information content (AvgIpc) is 2.66. The van der Waals surface area contributed by atoms with Gasteiger partial charge >= 0.3 is 5.97 Å². The third-order valence-corrected chi connectivity index (χ3v) is 4.85. The Morgan fingerprint density at radius 3 is 2.52 bits per heavy atom. The second-order valence-corrected chi connectivity index (χ2v) is 6.71. The number of aryl methyl sites for hydroxylation is 1. The summed E-state index contributed by atoms with van der Waals surface area (Å²) in [5.74, 6) is 0.211. The molecule has 3 nitrogen and oxygen atoms in total. The van der Waals surface area contributed by atoms with Gasteiger partial charge in [0.25, 0.3) is 0 Å². The zero-order valence-corrected chi connectivity index (χ0v) is 14.4. The first-order chi connectivity index (χ1) is 12.2. The fourth-order valence-corrected chi connectivity index (χ4v) is 3.49. The normalized spacial score (nSPS) is 19.9. The molecule has 0 aromatic heterocycles. The summed E-state index contributed by atoms with van der Waals surface area (Å²) in [4.78, 5) is 11.9. The van der Waals surface area contributed by atoms with Crippen molar-refractivity contribution in [2.45, 2.75) is 50.5 Å². The second kappa shape index (κ2) is 8.48. The van der Waals surface area contributed by atoms with Crippen LogP contribution >= 0.6 is 0 Å². The molecule has 2 aromatic carbocycles. The van der Waals surface area contributed by atoms with Gasteiger partial charge in [0.2, 0.25) is 0 Å². The molecule has 0 radical (unpaired) electrons. The highest BCUT2D eigenvalue weighted by molar-refractivity contribution is 5.71. The molecule has 3 heteroatoms. The van der Waals surface area contributed by atoms with Gasteiger partial charge in [0.15, 0.2) is 0 Å². The van der Waals surface area contributed by atoms with E-state index >= 15 is 0 Å². The Hall–Kier alpha value is -2.60. The summed E-state index contributed by atoms with van der Waals surface area (Å²) in [6.45, 7) is 0. The number of hydrogen-bond acceptors (Lipinski definition) is 3. The Morgan fingerprint density at radius 1 is 1.04 bits per heavy atom. The summed E-state index contributed by atoms with van der Waals surface area (Å²) >= 11 is 0. The smallest absolute Gasteiger partial charge is 0.306 e. The van der Waals surface area contributed by atoms with Gasteiger partial charge < -0.3 is 4.74 Å². The van der Waals surface area contributed by atoms with Gasteiger partial charge in [-0.25, -0.2) is 0 Å². The maximum atomic E-state index is 11.9. The van der Waals surface area contributed by atoms with E-state index in [1.807, 2.05) is 42.5 Å². The van der Waals surface area contributed by atoms with E-state index in [0.29, 0.717) is 12.0 Å². The summed E-state index contributed by atoms with van der Waals surface area (Å²) in [6, 6.07) is 20.2. The monoisotopic (exact) mass is 333 g/mol. The van der Waals surface area contributed by atoms with Crippen molar-refractivity contribution in [1.29, 1.82) is 5.26 Å². The van der Waals surface area contributed by atoms with Gasteiger partial charge in [0, 0.05) is 0 Å². The predicted octanol–water partition coefficient (Wildman–Crippen LogP) is 4.76. The minimum Gasteiger partial charge on any atom is -0.462 e. The van der Waals surface area contributed by atoms with Crippen LogP contribution in [0.25, 0.3) is 0 Å². The van der Waals surface area contributed by atoms with Gasteiger partial charge in [-0.1, -0.05) is 42.5 Å². The van der Waals surface area contributed by atoms with Crippen LogP contribution in [0.3, 0.4) is 0 Å². The van der Waals surface area contributed by atoms with Gasteiger partial charge in [-0.15, -0.1) is 0 Å². The lowest BCUT2D eigenvalue weighted by Crippen LogP contribution is -2.28. The van der Waals surface area contributed by atoms with E-state index in [0.717, 1.165) is 32.1 Å². The number of cyclic esters (lactones) is 1. The van der Waals surface area contributed by atoms with E-state index in [1.54, 1.807) is 0 Å². The summed E-state index contributed by atoms with van der Waals surface area (Å²) in [5.41, 5.74) is 3.19. The van der Waals surface area contributed by atoms with E-state index < -0.39 is 0 Å². The Kier molecular flexibility index (Phi) is 5.85. The lowest BCUT2D eigenvalue weighted by Gasteiger charge is -2.29. The van der Waals surface area contributed by atoms with Crippen molar-refractivity contribution in [3.8, 4) is 6.07 Å². The molecule has 25 heavy (non-hydrogen) atoms. The topological polar surface area (TPSA) is 50.1 Å². The van der Waals surface area contributed by atoms with Crippen molar-refractivity contribution in [1.82, 2.24) is 0 Å². The molecule has 0 unspecified atom stereocenters. The van der Waals surface area contributed by atoms with E-state index in [2.05, 4.69) is 18.2 Å². The first kappa shape index (κ1) is 17.2. The number of nitrogens with zero attached hydrogens (tertiary/aromatic N) is 1. The zero-order chi connectivity index (χ0) is 17.5. The largest absolute Gasteiger partial charge is 0.462 e. The maximum Gasteiger partial charge on any atom is 0.306 e. The van der Waals surface area contributed by atoms with Crippen LogP contribution in [-0.2, 0) is 16.0 Å². The van der Waals surface area contributed by atoms with Crippen LogP contribution in [0.5, 0.6) is 0 Å². The van der Waals surface area contributed by atoms with Crippen LogP contribution in [0.4, 0.5) is 0 Å². The summed E-state index contributed by atoms with van der Waals surface area (Å²) in [5, 5.41) is 8.82. The minimum absolute atomic E-state index is 0.0346.